The van der Waals surface area contributed by atoms with Crippen LogP contribution in [0.2, 0.25) is 0 Å². The van der Waals surface area contributed by atoms with E-state index in [1.165, 1.54) is 18.0 Å². The van der Waals surface area contributed by atoms with Gasteiger partial charge in [0.25, 0.3) is 5.91 Å². The predicted octanol–water partition coefficient (Wildman–Crippen LogP) is 0.283. The Bertz CT molecular complexity index is 611. The lowest BCUT2D eigenvalue weighted by Gasteiger charge is -2.13. The van der Waals surface area contributed by atoms with Crippen LogP contribution in [0, 0.1) is 0 Å². The van der Waals surface area contributed by atoms with Crippen molar-refractivity contribution in [2.75, 3.05) is 11.9 Å². The third-order valence-electron chi connectivity index (χ3n) is 2.22. The second-order valence-corrected chi connectivity index (χ2v) is 3.21. The molecule has 0 saturated heterocycles. The van der Waals surface area contributed by atoms with Crippen LogP contribution in [0.15, 0.2) is 27.4 Å². The van der Waals surface area contributed by atoms with Gasteiger partial charge in [-0.25, -0.2) is 4.79 Å². The number of aromatic nitrogens is 1. The summed E-state index contributed by atoms with van der Waals surface area (Å²) in [7, 11) is 1.46. The minimum atomic E-state index is -0.669. The smallest absolute Gasteiger partial charge is 0.408 e. The van der Waals surface area contributed by atoms with E-state index in [2.05, 4.69) is 4.98 Å². The Labute approximate surface area is 89.5 Å². The van der Waals surface area contributed by atoms with E-state index in [0.717, 1.165) is 0 Å². The number of anilines is 1. The van der Waals surface area contributed by atoms with E-state index in [1.54, 1.807) is 12.1 Å². The van der Waals surface area contributed by atoms with Gasteiger partial charge in [-0.2, -0.15) is 0 Å². The molecule has 0 fully saturated rings. The molecule has 2 aromatic rings. The first-order chi connectivity index (χ1) is 7.61. The third-order valence-corrected chi connectivity index (χ3v) is 2.22. The fourth-order valence-electron chi connectivity index (χ4n) is 1.35. The average Bonchev–Trinajstić information content (AvgIpc) is 2.65. The van der Waals surface area contributed by atoms with Crippen LogP contribution in [0.25, 0.3) is 11.1 Å². The monoisotopic (exact) mass is 220 g/mol. The van der Waals surface area contributed by atoms with Gasteiger partial charge < -0.3 is 9.32 Å². The number of carbonyl (C=O) groups is 2. The van der Waals surface area contributed by atoms with E-state index >= 15 is 0 Å². The summed E-state index contributed by atoms with van der Waals surface area (Å²) in [6.45, 7) is 0. The number of rotatable bonds is 2. The molecule has 1 aromatic carbocycles. The molecule has 0 radical (unpaired) electrons. The van der Waals surface area contributed by atoms with Gasteiger partial charge in [-0.3, -0.25) is 14.6 Å². The van der Waals surface area contributed by atoms with Gasteiger partial charge in [0, 0.05) is 18.8 Å². The Morgan fingerprint density at radius 3 is 2.94 bits per heavy atom. The van der Waals surface area contributed by atoms with Gasteiger partial charge in [-0.15, -0.1) is 0 Å². The van der Waals surface area contributed by atoms with Gasteiger partial charge in [0.1, 0.15) is 0 Å². The molecule has 1 heterocycles. The van der Waals surface area contributed by atoms with E-state index in [0.29, 0.717) is 16.8 Å². The number of hydrogen-bond donors (Lipinski definition) is 1. The van der Waals surface area contributed by atoms with Crippen molar-refractivity contribution in [2.24, 2.45) is 0 Å². The normalized spacial score (nSPS) is 10.3. The molecule has 1 amide bonds. The number of likely N-dealkylation sites (N-methyl/N-ethyl adjacent to an activating group) is 1. The summed E-state index contributed by atoms with van der Waals surface area (Å²) < 4.78 is 4.83. The van der Waals surface area contributed by atoms with Crippen LogP contribution >= 0.6 is 0 Å². The molecule has 0 aliphatic rings. The highest BCUT2D eigenvalue weighted by molar-refractivity contribution is 6.30. The second kappa shape index (κ2) is 3.65. The molecule has 0 atom stereocenters. The summed E-state index contributed by atoms with van der Waals surface area (Å²) in [5.74, 6) is -1.23. The highest BCUT2D eigenvalue weighted by Gasteiger charge is 2.11. The van der Waals surface area contributed by atoms with Crippen molar-refractivity contribution >= 4 is 29.0 Å². The van der Waals surface area contributed by atoms with Crippen molar-refractivity contribution < 1.29 is 14.0 Å². The number of nitrogens with zero attached hydrogens (tertiary/aromatic N) is 1. The lowest BCUT2D eigenvalue weighted by Crippen LogP contribution is -2.26. The predicted molar refractivity (Wildman–Crippen MR) is 56.3 cm³/mol. The zero-order chi connectivity index (χ0) is 11.7. The highest BCUT2D eigenvalue weighted by atomic mass is 16.4. The van der Waals surface area contributed by atoms with Gasteiger partial charge >= 0.3 is 5.76 Å². The van der Waals surface area contributed by atoms with Crippen molar-refractivity contribution in [2.45, 2.75) is 0 Å². The van der Waals surface area contributed by atoms with E-state index < -0.39 is 11.7 Å². The molecule has 0 bridgehead atoms. The molecule has 0 aliphatic carbocycles. The molecule has 82 valence electrons. The molecule has 0 unspecified atom stereocenters. The van der Waals surface area contributed by atoms with Crippen molar-refractivity contribution in [3.8, 4) is 0 Å². The number of aromatic amines is 1. The van der Waals surface area contributed by atoms with Crippen molar-refractivity contribution in [1.82, 2.24) is 4.98 Å². The maximum Gasteiger partial charge on any atom is 0.417 e. The number of hydrogen-bond acceptors (Lipinski definition) is 4. The minimum absolute atomic E-state index is 0.220. The van der Waals surface area contributed by atoms with E-state index in [-0.39, 0.29) is 6.29 Å². The number of benzene rings is 1. The first-order valence-electron chi connectivity index (χ1n) is 4.47. The van der Waals surface area contributed by atoms with Crippen LogP contribution in [0.3, 0.4) is 0 Å². The molecule has 16 heavy (non-hydrogen) atoms. The van der Waals surface area contributed by atoms with Gasteiger partial charge in [0.15, 0.2) is 5.58 Å². The molecule has 6 nitrogen and oxygen atoms in total. The minimum Gasteiger partial charge on any atom is -0.408 e. The van der Waals surface area contributed by atoms with Crippen LogP contribution in [0.5, 0.6) is 0 Å². The van der Waals surface area contributed by atoms with Crippen LogP contribution in [0.4, 0.5) is 5.69 Å². The molecule has 1 N–H and O–H groups in total. The topological polar surface area (TPSA) is 83.4 Å². The maximum atomic E-state index is 11.1. The second-order valence-electron chi connectivity index (χ2n) is 3.21. The summed E-state index contributed by atoms with van der Waals surface area (Å²) >= 11 is 0. The maximum absolute atomic E-state index is 11.1. The number of carbonyl (C=O) groups excluding carboxylic acids is 2. The van der Waals surface area contributed by atoms with Crippen LogP contribution < -0.4 is 10.7 Å². The lowest BCUT2D eigenvalue weighted by atomic mass is 10.2. The Morgan fingerprint density at radius 2 is 2.25 bits per heavy atom. The quantitative estimate of drug-likeness (QED) is 0.582. The van der Waals surface area contributed by atoms with Crippen LogP contribution in [-0.4, -0.2) is 24.2 Å². The van der Waals surface area contributed by atoms with Gasteiger partial charge in [-0.05, 0) is 12.1 Å². The summed E-state index contributed by atoms with van der Waals surface area (Å²) in [6, 6.07) is 4.72. The third kappa shape index (κ3) is 1.60. The zero-order valence-corrected chi connectivity index (χ0v) is 8.39. The number of fused-ring (bicyclic) bond motifs is 1. The molecule has 6 heteroatoms. The highest BCUT2D eigenvalue weighted by Crippen LogP contribution is 2.18. The number of H-pyrrole nitrogens is 1. The molecule has 2 rings (SSSR count). The first-order valence-corrected chi connectivity index (χ1v) is 4.47. The molecule has 0 saturated carbocycles. The van der Waals surface area contributed by atoms with Crippen LogP contribution in [-0.2, 0) is 9.59 Å². The average molecular weight is 220 g/mol. The number of oxazole rings is 1. The van der Waals surface area contributed by atoms with E-state index in [1.807, 2.05) is 0 Å². The lowest BCUT2D eigenvalue weighted by molar-refractivity contribution is -0.129. The molecular formula is C10H8N2O4. The van der Waals surface area contributed by atoms with Crippen LogP contribution in [0.1, 0.15) is 0 Å². The standard InChI is InChI=1S/C10H8N2O4/c1-12(9(14)5-13)6-2-3-7-8(4-6)16-10(15)11-7/h2-5H,1H3,(H,11,15). The van der Waals surface area contributed by atoms with Crippen molar-refractivity contribution in [1.29, 1.82) is 0 Å². The van der Waals surface area contributed by atoms with Gasteiger partial charge in [-0.1, -0.05) is 0 Å². The SMILES string of the molecule is CN(C(=O)C=O)c1ccc2[nH]c(=O)oc2c1. The van der Waals surface area contributed by atoms with Gasteiger partial charge in [0.2, 0.25) is 6.29 Å². The summed E-state index contributed by atoms with van der Waals surface area (Å²) in [5.41, 5.74) is 1.36. The summed E-state index contributed by atoms with van der Waals surface area (Å²) in [5, 5.41) is 0. The fraction of sp³-hybridized carbons (Fsp3) is 0.100. The summed E-state index contributed by atoms with van der Waals surface area (Å²) in [4.78, 5) is 36.0. The molecular weight excluding hydrogens is 212 g/mol. The number of amides is 1. The molecule has 0 aliphatic heterocycles. The van der Waals surface area contributed by atoms with Crippen molar-refractivity contribution in [3.63, 3.8) is 0 Å². The zero-order valence-electron chi connectivity index (χ0n) is 8.39. The number of aldehydes is 1. The molecule has 1 aromatic heterocycles. The fourth-order valence-corrected chi connectivity index (χ4v) is 1.35. The van der Waals surface area contributed by atoms with Gasteiger partial charge in [0.05, 0.1) is 5.52 Å². The Balaban J connectivity index is 2.49. The Morgan fingerprint density at radius 1 is 1.50 bits per heavy atom. The largest absolute Gasteiger partial charge is 0.417 e. The molecule has 0 spiro atoms. The van der Waals surface area contributed by atoms with E-state index in [9.17, 15) is 14.4 Å². The Kier molecular flexibility index (Phi) is 2.32. The number of nitrogens with one attached hydrogen (secondary N) is 1. The first kappa shape index (κ1) is 10.2. The Hall–Kier alpha value is -2.37. The summed E-state index contributed by atoms with van der Waals surface area (Å²) in [6.07, 6.45) is 0.220. The van der Waals surface area contributed by atoms with Crippen molar-refractivity contribution in [3.05, 3.63) is 28.7 Å². The van der Waals surface area contributed by atoms with E-state index in [4.69, 9.17) is 4.42 Å².